The molecule has 19 heteroatoms. The number of aliphatic hydroxyl groups is 1. The number of ether oxygens (including phenoxy) is 4. The molecule has 0 saturated carbocycles. The van der Waals surface area contributed by atoms with Crippen LogP contribution in [0, 0.1) is 11.8 Å². The highest BCUT2D eigenvalue weighted by Gasteiger charge is 2.30. The highest BCUT2D eigenvalue weighted by atomic mass is 31.2. The zero-order chi connectivity index (χ0) is 75.6. The molecule has 0 aromatic carbocycles. The minimum atomic E-state index is -4.96. The van der Waals surface area contributed by atoms with Gasteiger partial charge < -0.3 is 33.8 Å². The largest absolute Gasteiger partial charge is 0.472 e. The molecule has 612 valence electrons. The van der Waals surface area contributed by atoms with E-state index in [-0.39, 0.29) is 25.7 Å². The van der Waals surface area contributed by atoms with Crippen LogP contribution in [0.5, 0.6) is 0 Å². The highest BCUT2D eigenvalue weighted by Crippen LogP contribution is 2.45. The zero-order valence-corrected chi connectivity index (χ0v) is 69.4. The van der Waals surface area contributed by atoms with Crippen molar-refractivity contribution in [3.8, 4) is 0 Å². The van der Waals surface area contributed by atoms with Crippen molar-refractivity contribution < 1.29 is 80.2 Å². The van der Waals surface area contributed by atoms with E-state index in [9.17, 15) is 43.2 Å². The van der Waals surface area contributed by atoms with Gasteiger partial charge in [0.15, 0.2) is 12.2 Å². The highest BCUT2D eigenvalue weighted by molar-refractivity contribution is 7.47. The topological polar surface area (TPSA) is 237 Å². The van der Waals surface area contributed by atoms with Crippen molar-refractivity contribution in [2.75, 3.05) is 39.6 Å². The molecular weight excluding hydrogens is 1340 g/mol. The Morgan fingerprint density at radius 2 is 0.447 bits per heavy atom. The number of rotatable bonds is 83. The molecular formula is C84H164O17P2. The molecule has 0 radical (unpaired) electrons. The van der Waals surface area contributed by atoms with Gasteiger partial charge >= 0.3 is 39.5 Å². The third-order valence-corrected chi connectivity index (χ3v) is 21.6. The van der Waals surface area contributed by atoms with Crippen LogP contribution in [0.25, 0.3) is 0 Å². The van der Waals surface area contributed by atoms with Crippen LogP contribution < -0.4 is 0 Å². The Morgan fingerprint density at radius 3 is 0.660 bits per heavy atom. The number of carbonyl (C=O) groups excluding carboxylic acids is 4. The number of aliphatic hydroxyl groups excluding tert-OH is 1. The fourth-order valence-corrected chi connectivity index (χ4v) is 14.6. The lowest BCUT2D eigenvalue weighted by Gasteiger charge is -2.21. The first-order chi connectivity index (χ1) is 49.9. The third kappa shape index (κ3) is 78.0. The Bertz CT molecular complexity index is 1980. The summed E-state index contributed by atoms with van der Waals surface area (Å²) in [4.78, 5) is 73.1. The van der Waals surface area contributed by atoms with Crippen LogP contribution in [0.1, 0.15) is 446 Å². The molecule has 17 nitrogen and oxygen atoms in total. The molecule has 0 aliphatic heterocycles. The van der Waals surface area contributed by atoms with E-state index in [1.165, 1.54) is 263 Å². The molecule has 103 heavy (non-hydrogen) atoms. The van der Waals surface area contributed by atoms with Crippen molar-refractivity contribution in [1.82, 2.24) is 0 Å². The van der Waals surface area contributed by atoms with E-state index in [1.54, 1.807) is 0 Å². The summed E-state index contributed by atoms with van der Waals surface area (Å²) < 4.78 is 68.8. The standard InChI is InChI=1S/C84H164O17P2/c1-7-9-11-13-15-17-19-21-23-25-27-29-31-33-35-37-41-48-54-60-66-81(86)94-72-79(100-83(88)68-62-56-50-42-38-36-34-32-30-28-26-24-22-20-18-16-14-12-10-8-2)74-98-102(90,91)96-70-78(85)71-97-103(92,93)99-75-80(73-95-82(87)67-61-55-49-45-44-47-53-59-65-77(5)6)101-84(89)69-63-57-51-43-39-40-46-52-58-64-76(3)4/h76-80,85H,7-75H2,1-6H3,(H,90,91)(H,92,93)/t78-,79-,80-/m1/s1. The van der Waals surface area contributed by atoms with E-state index in [2.05, 4.69) is 41.5 Å². The number of phosphoric acid groups is 2. The molecule has 5 atom stereocenters. The molecule has 0 aliphatic rings. The van der Waals surface area contributed by atoms with Crippen LogP contribution >= 0.6 is 15.6 Å². The Hall–Kier alpha value is -1.94. The summed E-state index contributed by atoms with van der Waals surface area (Å²) in [5.74, 6) is -0.645. The number of esters is 4. The maximum absolute atomic E-state index is 13.1. The summed E-state index contributed by atoms with van der Waals surface area (Å²) in [6.07, 6.45) is 66.9. The molecule has 0 bridgehead atoms. The Labute approximate surface area is 632 Å². The quantitative estimate of drug-likeness (QED) is 0.0222. The summed E-state index contributed by atoms with van der Waals surface area (Å²) >= 11 is 0. The first kappa shape index (κ1) is 101. The van der Waals surface area contributed by atoms with Crippen LogP contribution in [0.2, 0.25) is 0 Å². The van der Waals surface area contributed by atoms with Gasteiger partial charge in [-0.2, -0.15) is 0 Å². The van der Waals surface area contributed by atoms with E-state index < -0.39 is 97.5 Å². The summed E-state index contributed by atoms with van der Waals surface area (Å²) in [6, 6.07) is 0. The number of hydrogen-bond acceptors (Lipinski definition) is 15. The second kappa shape index (κ2) is 75.5. The molecule has 2 unspecified atom stereocenters. The minimum Gasteiger partial charge on any atom is -0.462 e. The van der Waals surface area contributed by atoms with E-state index >= 15 is 0 Å². The minimum absolute atomic E-state index is 0.105. The van der Waals surface area contributed by atoms with Gasteiger partial charge in [-0.1, -0.05) is 395 Å². The molecule has 0 aliphatic carbocycles. The summed E-state index contributed by atoms with van der Waals surface area (Å²) in [7, 11) is -9.92. The second-order valence-corrected chi connectivity index (χ2v) is 34.1. The van der Waals surface area contributed by atoms with E-state index in [0.717, 1.165) is 102 Å². The lowest BCUT2D eigenvalue weighted by Crippen LogP contribution is -2.30. The van der Waals surface area contributed by atoms with Gasteiger partial charge in [-0.25, -0.2) is 9.13 Å². The van der Waals surface area contributed by atoms with Crippen molar-refractivity contribution in [3.05, 3.63) is 0 Å². The van der Waals surface area contributed by atoms with Gasteiger partial charge in [0.2, 0.25) is 0 Å². The fourth-order valence-electron chi connectivity index (χ4n) is 13.1. The molecule has 0 aromatic rings. The van der Waals surface area contributed by atoms with Crippen LogP contribution in [-0.2, 0) is 65.4 Å². The van der Waals surface area contributed by atoms with Gasteiger partial charge in [0.1, 0.15) is 19.3 Å². The van der Waals surface area contributed by atoms with Crippen molar-refractivity contribution in [3.63, 3.8) is 0 Å². The average molecular weight is 1510 g/mol. The van der Waals surface area contributed by atoms with Gasteiger partial charge in [0.25, 0.3) is 0 Å². The first-order valence-electron chi connectivity index (χ1n) is 43.5. The number of hydrogen-bond donors (Lipinski definition) is 3. The summed E-state index contributed by atoms with van der Waals surface area (Å²) in [6.45, 7) is 9.59. The van der Waals surface area contributed by atoms with E-state index in [0.29, 0.717) is 25.7 Å². The predicted molar refractivity (Wildman–Crippen MR) is 423 cm³/mol. The van der Waals surface area contributed by atoms with Crippen LogP contribution in [-0.4, -0.2) is 96.7 Å². The van der Waals surface area contributed by atoms with Crippen LogP contribution in [0.3, 0.4) is 0 Å². The predicted octanol–water partition coefficient (Wildman–Crippen LogP) is 25.5. The molecule has 0 rings (SSSR count). The molecule has 0 fully saturated rings. The normalized spacial score (nSPS) is 13.9. The van der Waals surface area contributed by atoms with Crippen molar-refractivity contribution in [2.24, 2.45) is 11.8 Å². The van der Waals surface area contributed by atoms with Gasteiger partial charge in [0, 0.05) is 25.7 Å². The van der Waals surface area contributed by atoms with Gasteiger partial charge in [-0.05, 0) is 37.5 Å². The average Bonchev–Trinajstić information content (AvgIpc) is 0.927. The van der Waals surface area contributed by atoms with Crippen LogP contribution in [0.15, 0.2) is 0 Å². The lowest BCUT2D eigenvalue weighted by molar-refractivity contribution is -0.161. The maximum Gasteiger partial charge on any atom is 0.472 e. The summed E-state index contributed by atoms with van der Waals surface area (Å²) in [5.41, 5.74) is 0. The molecule has 3 N–H and O–H groups in total. The lowest BCUT2D eigenvalue weighted by atomic mass is 10.0. The Morgan fingerprint density at radius 1 is 0.262 bits per heavy atom. The fraction of sp³-hybridized carbons (Fsp3) is 0.952. The zero-order valence-electron chi connectivity index (χ0n) is 67.6. The SMILES string of the molecule is CCCCCCCCCCCCCCCCCCCCCCC(=O)OC[C@H](COP(=O)(O)OC[C@@H](O)COP(=O)(O)OC[C@@H](COC(=O)CCCCCCCCCCC(C)C)OC(=O)CCCCCCCCCCCC(C)C)OC(=O)CCCCCCCCCCCCCCCCCCCCCC. The number of unbranched alkanes of at least 4 members (excludes halogenated alkanes) is 53. The van der Waals surface area contributed by atoms with Gasteiger partial charge in [0.05, 0.1) is 26.4 Å². The van der Waals surface area contributed by atoms with Crippen molar-refractivity contribution in [1.29, 1.82) is 0 Å². The molecule has 0 amide bonds. The second-order valence-electron chi connectivity index (χ2n) is 31.2. The van der Waals surface area contributed by atoms with Gasteiger partial charge in [-0.3, -0.25) is 37.3 Å². The van der Waals surface area contributed by atoms with Crippen molar-refractivity contribution >= 4 is 39.5 Å². The monoisotopic (exact) mass is 1510 g/mol. The third-order valence-electron chi connectivity index (χ3n) is 19.7. The molecule has 0 saturated heterocycles. The Balaban J connectivity index is 5.22. The van der Waals surface area contributed by atoms with Crippen LogP contribution in [0.4, 0.5) is 0 Å². The van der Waals surface area contributed by atoms with E-state index in [4.69, 9.17) is 37.0 Å². The van der Waals surface area contributed by atoms with Crippen molar-refractivity contribution in [2.45, 2.75) is 464 Å². The maximum atomic E-state index is 13.1. The summed E-state index contributed by atoms with van der Waals surface area (Å²) in [5, 5.41) is 10.7. The first-order valence-corrected chi connectivity index (χ1v) is 46.5. The number of carbonyl (C=O) groups is 4. The number of phosphoric ester groups is 2. The molecule has 0 aromatic heterocycles. The molecule has 0 heterocycles. The van der Waals surface area contributed by atoms with Gasteiger partial charge in [-0.15, -0.1) is 0 Å². The van der Waals surface area contributed by atoms with E-state index in [1.807, 2.05) is 0 Å². The smallest absolute Gasteiger partial charge is 0.462 e. The molecule has 0 spiro atoms. The Kier molecular flexibility index (Phi) is 74.1.